The number of carbonyl (C=O) groups is 1. The highest BCUT2D eigenvalue weighted by molar-refractivity contribution is 9.11. The number of nitrogens with zero attached hydrogens (tertiary/aromatic N) is 2. The van der Waals surface area contributed by atoms with E-state index in [0.29, 0.717) is 30.8 Å². The predicted molar refractivity (Wildman–Crippen MR) is 140 cm³/mol. The molecular weight excluding hydrogens is 597 g/mol. The van der Waals surface area contributed by atoms with Gasteiger partial charge in [-0.25, -0.2) is 4.39 Å². The van der Waals surface area contributed by atoms with Crippen LogP contribution in [0.1, 0.15) is 40.0 Å². The zero-order valence-electron chi connectivity index (χ0n) is 18.3. The molecule has 0 aliphatic heterocycles. The molecule has 0 atom stereocenters. The van der Waals surface area contributed by atoms with E-state index in [0.717, 1.165) is 41.7 Å². The Morgan fingerprint density at radius 2 is 1.83 bits per heavy atom. The predicted octanol–water partition coefficient (Wildman–Crippen LogP) is 7.29. The summed E-state index contributed by atoms with van der Waals surface area (Å²) in [6, 6.07) is 13.7. The van der Waals surface area contributed by atoms with Crippen LogP contribution >= 0.6 is 43.2 Å². The Bertz CT molecular complexity index is 1380. The molecular formula is C26H18Br2FN3O2S. The van der Waals surface area contributed by atoms with Crippen molar-refractivity contribution in [2.24, 2.45) is 0 Å². The Morgan fingerprint density at radius 3 is 2.49 bits per heavy atom. The first kappa shape index (κ1) is 25.1. The minimum Gasteiger partial charge on any atom is -0.487 e. The minimum atomic E-state index is -0.563. The molecule has 2 aromatic carbocycles. The third-order valence-electron chi connectivity index (χ3n) is 5.50. The van der Waals surface area contributed by atoms with Crippen LogP contribution in [0.3, 0.4) is 0 Å². The lowest BCUT2D eigenvalue weighted by Crippen LogP contribution is -2.13. The van der Waals surface area contributed by atoms with Crippen molar-refractivity contribution >= 4 is 60.2 Å². The van der Waals surface area contributed by atoms with Crippen LogP contribution < -0.4 is 10.1 Å². The van der Waals surface area contributed by atoms with Gasteiger partial charge in [0.25, 0.3) is 5.91 Å². The van der Waals surface area contributed by atoms with Gasteiger partial charge >= 0.3 is 0 Å². The molecule has 5 nitrogen and oxygen atoms in total. The molecule has 0 unspecified atom stereocenters. The van der Waals surface area contributed by atoms with Gasteiger partial charge in [-0.2, -0.15) is 10.5 Å². The van der Waals surface area contributed by atoms with E-state index in [-0.39, 0.29) is 18.0 Å². The summed E-state index contributed by atoms with van der Waals surface area (Å²) in [5, 5.41) is 22.5. The number of aryl methyl sites for hydroxylation is 1. The number of ether oxygens (including phenoxy) is 1. The van der Waals surface area contributed by atoms with Gasteiger partial charge in [0.05, 0.1) is 14.5 Å². The molecule has 0 saturated heterocycles. The molecule has 0 spiro atoms. The summed E-state index contributed by atoms with van der Waals surface area (Å²) >= 11 is 8.37. The lowest BCUT2D eigenvalue weighted by atomic mass is 9.96. The van der Waals surface area contributed by atoms with Crippen molar-refractivity contribution < 1.29 is 13.9 Å². The molecule has 1 aliphatic rings. The lowest BCUT2D eigenvalue weighted by Gasteiger charge is -2.12. The highest BCUT2D eigenvalue weighted by atomic mass is 79.9. The van der Waals surface area contributed by atoms with Crippen LogP contribution in [0.4, 0.5) is 9.39 Å². The first-order valence-electron chi connectivity index (χ1n) is 10.7. The van der Waals surface area contributed by atoms with Crippen molar-refractivity contribution in [3.63, 3.8) is 0 Å². The number of rotatable bonds is 6. The summed E-state index contributed by atoms with van der Waals surface area (Å²) in [7, 11) is 0. The number of thiophene rings is 1. The van der Waals surface area contributed by atoms with Crippen LogP contribution in [0.5, 0.6) is 5.75 Å². The molecule has 3 aromatic rings. The molecule has 1 heterocycles. The zero-order chi connectivity index (χ0) is 24.9. The van der Waals surface area contributed by atoms with E-state index in [2.05, 4.69) is 43.2 Å². The number of amides is 1. The molecule has 1 N–H and O–H groups in total. The second-order valence-electron chi connectivity index (χ2n) is 7.88. The van der Waals surface area contributed by atoms with Crippen molar-refractivity contribution in [1.29, 1.82) is 10.5 Å². The SMILES string of the molecule is N#C/C(=C\c1cc(Br)c(OCc2ccc(F)cc2)c(Br)c1)C(=O)Nc1sc2c(c1C#N)CCCC2. The molecule has 0 bridgehead atoms. The van der Waals surface area contributed by atoms with Gasteiger partial charge in [0.15, 0.2) is 0 Å². The fraction of sp³-hybridized carbons (Fsp3) is 0.192. The van der Waals surface area contributed by atoms with Crippen molar-refractivity contribution in [2.45, 2.75) is 32.3 Å². The fourth-order valence-electron chi connectivity index (χ4n) is 3.79. The van der Waals surface area contributed by atoms with Crippen molar-refractivity contribution in [1.82, 2.24) is 0 Å². The summed E-state index contributed by atoms with van der Waals surface area (Å²) in [6.45, 7) is 0.241. The summed E-state index contributed by atoms with van der Waals surface area (Å²) in [5.41, 5.74) is 2.85. The van der Waals surface area contributed by atoms with E-state index < -0.39 is 5.91 Å². The number of nitrogens with one attached hydrogen (secondary N) is 1. The van der Waals surface area contributed by atoms with Gasteiger partial charge < -0.3 is 10.1 Å². The lowest BCUT2D eigenvalue weighted by molar-refractivity contribution is -0.112. The van der Waals surface area contributed by atoms with Crippen LogP contribution in [0.15, 0.2) is 50.9 Å². The number of nitriles is 2. The molecule has 0 radical (unpaired) electrons. The molecule has 1 aliphatic carbocycles. The van der Waals surface area contributed by atoms with Crippen molar-refractivity contribution in [3.05, 3.63) is 83.9 Å². The van der Waals surface area contributed by atoms with Gasteiger partial charge in [-0.05, 0) is 105 Å². The Hall–Kier alpha value is -2.98. The van der Waals surface area contributed by atoms with Gasteiger partial charge in [-0.3, -0.25) is 4.79 Å². The Balaban J connectivity index is 1.52. The van der Waals surface area contributed by atoms with Crippen LogP contribution in [0, 0.1) is 28.5 Å². The monoisotopic (exact) mass is 613 g/mol. The average Bonchev–Trinajstić information content (AvgIpc) is 3.19. The van der Waals surface area contributed by atoms with Gasteiger partial charge in [0, 0.05) is 4.88 Å². The Labute approximate surface area is 223 Å². The maximum atomic E-state index is 13.1. The van der Waals surface area contributed by atoms with Crippen LogP contribution in [0.2, 0.25) is 0 Å². The molecule has 176 valence electrons. The minimum absolute atomic E-state index is 0.0842. The number of anilines is 1. The van der Waals surface area contributed by atoms with E-state index in [1.807, 2.05) is 6.07 Å². The number of fused-ring (bicyclic) bond motifs is 1. The van der Waals surface area contributed by atoms with Crippen molar-refractivity contribution in [2.75, 3.05) is 5.32 Å². The Kier molecular flexibility index (Phi) is 8.02. The van der Waals surface area contributed by atoms with Crippen LogP contribution in [-0.2, 0) is 24.2 Å². The summed E-state index contributed by atoms with van der Waals surface area (Å²) < 4.78 is 20.2. The van der Waals surface area contributed by atoms with E-state index in [4.69, 9.17) is 4.74 Å². The number of benzene rings is 2. The van der Waals surface area contributed by atoms with E-state index >= 15 is 0 Å². The topological polar surface area (TPSA) is 85.9 Å². The molecule has 35 heavy (non-hydrogen) atoms. The Morgan fingerprint density at radius 1 is 1.14 bits per heavy atom. The third-order valence-corrected chi connectivity index (χ3v) is 7.89. The smallest absolute Gasteiger partial charge is 0.266 e. The summed E-state index contributed by atoms with van der Waals surface area (Å²) in [5.74, 6) is -0.337. The van der Waals surface area contributed by atoms with Gasteiger partial charge in [-0.1, -0.05) is 12.1 Å². The van der Waals surface area contributed by atoms with E-state index in [1.165, 1.54) is 29.5 Å². The van der Waals surface area contributed by atoms with Gasteiger partial charge in [0.2, 0.25) is 0 Å². The standard InChI is InChI=1S/C26H18Br2FN3O2S/c27-21-10-16(11-22(28)24(21)34-14-15-5-7-18(29)8-6-15)9-17(12-30)25(33)32-26-20(13-31)19-3-1-2-4-23(19)35-26/h5-11H,1-4,14H2,(H,32,33)/b17-9+. The average molecular weight is 615 g/mol. The number of hydrogen-bond acceptors (Lipinski definition) is 5. The fourth-order valence-corrected chi connectivity index (χ4v) is 6.48. The van der Waals surface area contributed by atoms with E-state index in [1.54, 1.807) is 24.3 Å². The number of hydrogen-bond donors (Lipinski definition) is 1. The molecule has 9 heteroatoms. The molecule has 0 saturated carbocycles. The maximum absolute atomic E-state index is 13.1. The highest BCUT2D eigenvalue weighted by Crippen LogP contribution is 2.38. The number of halogens is 3. The molecule has 0 fully saturated rings. The first-order valence-corrected chi connectivity index (χ1v) is 13.1. The van der Waals surface area contributed by atoms with Crippen molar-refractivity contribution in [3.8, 4) is 17.9 Å². The van der Waals surface area contributed by atoms with Gasteiger partial charge in [-0.15, -0.1) is 11.3 Å². The van der Waals surface area contributed by atoms with Gasteiger partial charge in [0.1, 0.15) is 40.9 Å². The number of carbonyl (C=O) groups excluding carboxylic acids is 1. The maximum Gasteiger partial charge on any atom is 0.266 e. The summed E-state index contributed by atoms with van der Waals surface area (Å²) in [6.07, 6.45) is 5.32. The molecule has 1 aromatic heterocycles. The largest absolute Gasteiger partial charge is 0.487 e. The van der Waals surface area contributed by atoms with E-state index in [9.17, 15) is 19.7 Å². The summed E-state index contributed by atoms with van der Waals surface area (Å²) in [4.78, 5) is 14.0. The first-order chi connectivity index (χ1) is 16.9. The third kappa shape index (κ3) is 5.82. The van der Waals surface area contributed by atoms with Crippen LogP contribution in [-0.4, -0.2) is 5.91 Å². The van der Waals surface area contributed by atoms with Crippen LogP contribution in [0.25, 0.3) is 6.08 Å². The highest BCUT2D eigenvalue weighted by Gasteiger charge is 2.23. The molecule has 4 rings (SSSR count). The second-order valence-corrected chi connectivity index (χ2v) is 10.7. The quantitative estimate of drug-likeness (QED) is 0.233. The second kappa shape index (κ2) is 11.2. The normalized spacial score (nSPS) is 12.9. The molecule has 1 amide bonds. The zero-order valence-corrected chi connectivity index (χ0v) is 22.3.